The predicted molar refractivity (Wildman–Crippen MR) is 98.0 cm³/mol. The van der Waals surface area contributed by atoms with Crippen molar-refractivity contribution in [3.8, 4) is 0 Å². The van der Waals surface area contributed by atoms with E-state index in [0.717, 1.165) is 30.1 Å². The first kappa shape index (κ1) is 17.0. The summed E-state index contributed by atoms with van der Waals surface area (Å²) in [5.74, 6) is 2.43. The van der Waals surface area contributed by atoms with Gasteiger partial charge in [-0.25, -0.2) is 4.39 Å². The number of alkyl halides is 1. The van der Waals surface area contributed by atoms with Crippen LogP contribution < -0.4 is 0 Å². The van der Waals surface area contributed by atoms with Crippen LogP contribution in [0.15, 0.2) is 24.3 Å². The van der Waals surface area contributed by atoms with Crippen molar-refractivity contribution >= 4 is 11.6 Å². The van der Waals surface area contributed by atoms with Crippen molar-refractivity contribution in [2.75, 3.05) is 0 Å². The van der Waals surface area contributed by atoms with Crippen LogP contribution in [-0.4, -0.2) is 20.9 Å². The molecule has 1 unspecified atom stereocenters. The summed E-state index contributed by atoms with van der Waals surface area (Å²) >= 11 is 6.06. The average Bonchev–Trinajstić information content (AvgIpc) is 3.31. The molecule has 1 atom stereocenters. The van der Waals surface area contributed by atoms with Gasteiger partial charge in [0, 0.05) is 17.0 Å². The van der Waals surface area contributed by atoms with Crippen LogP contribution in [0.3, 0.4) is 0 Å². The maximum absolute atomic E-state index is 14.0. The molecule has 25 heavy (non-hydrogen) atoms. The molecule has 1 heterocycles. The SMILES string of the molecule is CCCC(C)c1nnc([C@]2(c3ccc(Cl)cc3)C[C@@H](F)C2)n1C1CC1. The molecule has 134 valence electrons. The van der Waals surface area contributed by atoms with E-state index in [0.29, 0.717) is 29.8 Å². The topological polar surface area (TPSA) is 30.7 Å². The predicted octanol–water partition coefficient (Wildman–Crippen LogP) is 5.59. The van der Waals surface area contributed by atoms with E-state index in [1.165, 1.54) is 12.8 Å². The molecule has 0 spiro atoms. The van der Waals surface area contributed by atoms with Crippen molar-refractivity contribution in [1.29, 1.82) is 0 Å². The fourth-order valence-electron chi connectivity index (χ4n) is 4.23. The van der Waals surface area contributed by atoms with Crippen LogP contribution in [0, 0.1) is 0 Å². The number of nitrogens with zero attached hydrogens (tertiary/aromatic N) is 3. The van der Waals surface area contributed by atoms with Gasteiger partial charge in [0.05, 0.1) is 5.41 Å². The third-order valence-electron chi connectivity index (χ3n) is 5.76. The van der Waals surface area contributed by atoms with Crippen molar-refractivity contribution in [3.05, 3.63) is 46.5 Å². The second-order valence-electron chi connectivity index (χ2n) is 7.77. The van der Waals surface area contributed by atoms with E-state index in [4.69, 9.17) is 11.6 Å². The summed E-state index contributed by atoms with van der Waals surface area (Å²) in [5, 5.41) is 9.90. The normalized spacial score (nSPS) is 27.1. The zero-order valence-electron chi connectivity index (χ0n) is 14.9. The lowest BCUT2D eigenvalue weighted by atomic mass is 9.62. The first-order valence-electron chi connectivity index (χ1n) is 9.40. The van der Waals surface area contributed by atoms with Gasteiger partial charge in [-0.15, -0.1) is 10.2 Å². The minimum atomic E-state index is -0.767. The minimum Gasteiger partial charge on any atom is -0.311 e. The number of benzene rings is 1. The number of hydrogen-bond acceptors (Lipinski definition) is 2. The summed E-state index contributed by atoms with van der Waals surface area (Å²) in [6.45, 7) is 4.42. The molecule has 1 aromatic heterocycles. The van der Waals surface area contributed by atoms with E-state index in [9.17, 15) is 4.39 Å². The Balaban J connectivity index is 1.79. The van der Waals surface area contributed by atoms with Gasteiger partial charge in [-0.3, -0.25) is 0 Å². The van der Waals surface area contributed by atoms with Crippen LogP contribution >= 0.6 is 11.6 Å². The summed E-state index contributed by atoms with van der Waals surface area (Å²) in [4.78, 5) is 0. The van der Waals surface area contributed by atoms with Crippen molar-refractivity contribution in [2.24, 2.45) is 0 Å². The van der Waals surface area contributed by atoms with Gasteiger partial charge < -0.3 is 4.57 Å². The molecule has 2 fully saturated rings. The van der Waals surface area contributed by atoms with Crippen molar-refractivity contribution in [1.82, 2.24) is 14.8 Å². The number of halogens is 2. The minimum absolute atomic E-state index is 0.357. The van der Waals surface area contributed by atoms with Crippen molar-refractivity contribution in [3.63, 3.8) is 0 Å². The molecule has 2 aliphatic rings. The van der Waals surface area contributed by atoms with Gasteiger partial charge in [-0.1, -0.05) is 44.0 Å². The first-order valence-corrected chi connectivity index (χ1v) is 9.78. The highest BCUT2D eigenvalue weighted by Gasteiger charge is 2.52. The second kappa shape index (κ2) is 6.39. The molecule has 2 saturated carbocycles. The lowest BCUT2D eigenvalue weighted by Gasteiger charge is -2.44. The van der Waals surface area contributed by atoms with Crippen molar-refractivity contribution in [2.45, 2.75) is 75.9 Å². The van der Waals surface area contributed by atoms with Gasteiger partial charge in [0.15, 0.2) is 0 Å². The van der Waals surface area contributed by atoms with Crippen LogP contribution in [0.1, 0.15) is 81.5 Å². The van der Waals surface area contributed by atoms with Crippen LogP contribution in [-0.2, 0) is 5.41 Å². The maximum Gasteiger partial charge on any atom is 0.144 e. The first-order chi connectivity index (χ1) is 12.0. The molecule has 0 aliphatic heterocycles. The van der Waals surface area contributed by atoms with E-state index >= 15 is 0 Å². The van der Waals surface area contributed by atoms with Crippen LogP contribution in [0.4, 0.5) is 4.39 Å². The molecule has 5 heteroatoms. The van der Waals surface area contributed by atoms with Gasteiger partial charge in [0.25, 0.3) is 0 Å². The Labute approximate surface area is 153 Å². The third kappa shape index (κ3) is 2.88. The molecule has 2 aromatic rings. The Kier molecular flexibility index (Phi) is 4.35. The Hall–Kier alpha value is -1.42. The van der Waals surface area contributed by atoms with Gasteiger partial charge in [0.2, 0.25) is 0 Å². The van der Waals surface area contributed by atoms with Crippen molar-refractivity contribution < 1.29 is 4.39 Å². The summed E-state index contributed by atoms with van der Waals surface area (Å²) < 4.78 is 16.4. The summed E-state index contributed by atoms with van der Waals surface area (Å²) in [6.07, 6.45) is 4.78. The fraction of sp³-hybridized carbons (Fsp3) is 0.600. The van der Waals surface area contributed by atoms with Crippen LogP contribution in [0.25, 0.3) is 0 Å². The molecule has 0 bridgehead atoms. The van der Waals surface area contributed by atoms with E-state index in [1.54, 1.807) is 0 Å². The maximum atomic E-state index is 14.0. The molecule has 3 nitrogen and oxygen atoms in total. The summed E-state index contributed by atoms with van der Waals surface area (Å²) in [6, 6.07) is 8.32. The largest absolute Gasteiger partial charge is 0.311 e. The lowest BCUT2D eigenvalue weighted by Crippen LogP contribution is -2.45. The Morgan fingerprint density at radius 3 is 2.48 bits per heavy atom. The number of aromatic nitrogens is 3. The molecule has 2 aliphatic carbocycles. The molecule has 1 aromatic carbocycles. The monoisotopic (exact) mass is 361 g/mol. The molecule has 4 rings (SSSR count). The second-order valence-corrected chi connectivity index (χ2v) is 8.20. The molecule has 0 N–H and O–H groups in total. The molecule has 0 amide bonds. The molecule has 0 radical (unpaired) electrons. The smallest absolute Gasteiger partial charge is 0.144 e. The number of hydrogen-bond donors (Lipinski definition) is 0. The van der Waals surface area contributed by atoms with Crippen LogP contribution in [0.2, 0.25) is 5.02 Å². The quantitative estimate of drug-likeness (QED) is 0.671. The summed E-state index contributed by atoms with van der Waals surface area (Å²) in [7, 11) is 0. The van der Waals surface area contributed by atoms with E-state index < -0.39 is 6.17 Å². The molecular formula is C20H25ClFN3. The van der Waals surface area contributed by atoms with Gasteiger partial charge in [0.1, 0.15) is 17.8 Å². The highest BCUT2D eigenvalue weighted by atomic mass is 35.5. The van der Waals surface area contributed by atoms with E-state index in [-0.39, 0.29) is 5.41 Å². The van der Waals surface area contributed by atoms with Gasteiger partial charge >= 0.3 is 0 Å². The number of rotatable bonds is 6. The standard InChI is InChI=1S/C20H25ClFN3/c1-3-4-13(2)18-23-24-19(25(18)17-9-10-17)20(11-16(22)12-20)14-5-7-15(21)8-6-14/h5-8,13,16-17H,3-4,9-12H2,1-2H3/t13?,16-,20-. The third-order valence-corrected chi connectivity index (χ3v) is 6.01. The Morgan fingerprint density at radius 2 is 1.92 bits per heavy atom. The zero-order valence-corrected chi connectivity index (χ0v) is 15.6. The Bertz CT molecular complexity index is 745. The average molecular weight is 362 g/mol. The van der Waals surface area contributed by atoms with Gasteiger partial charge in [-0.2, -0.15) is 0 Å². The lowest BCUT2D eigenvalue weighted by molar-refractivity contribution is 0.113. The molecular weight excluding hydrogens is 337 g/mol. The fourth-order valence-corrected chi connectivity index (χ4v) is 4.36. The molecule has 0 saturated heterocycles. The van der Waals surface area contributed by atoms with E-state index in [1.807, 2.05) is 24.3 Å². The highest BCUT2D eigenvalue weighted by Crippen LogP contribution is 2.52. The Morgan fingerprint density at radius 1 is 1.24 bits per heavy atom. The van der Waals surface area contributed by atoms with Gasteiger partial charge in [-0.05, 0) is 49.8 Å². The van der Waals surface area contributed by atoms with E-state index in [2.05, 4.69) is 28.6 Å². The zero-order chi connectivity index (χ0) is 17.6. The van der Waals surface area contributed by atoms with Crippen LogP contribution in [0.5, 0.6) is 0 Å². The summed E-state index contributed by atoms with van der Waals surface area (Å²) in [5.41, 5.74) is 0.749. The highest BCUT2D eigenvalue weighted by molar-refractivity contribution is 6.30.